The molecule has 0 aromatic heterocycles. The quantitative estimate of drug-likeness (QED) is 0.521. The van der Waals surface area contributed by atoms with E-state index in [9.17, 15) is 9.59 Å². The van der Waals surface area contributed by atoms with Gasteiger partial charge >= 0.3 is 5.97 Å². The van der Waals surface area contributed by atoms with E-state index in [-0.39, 0.29) is 6.42 Å². The Kier molecular flexibility index (Phi) is 1.71. The first-order valence-electron chi connectivity index (χ1n) is 2.78. The predicted octanol–water partition coefficient (Wildman–Crippen LogP) is -0.0573. The lowest BCUT2D eigenvalue weighted by atomic mass is 10.1. The Morgan fingerprint density at radius 2 is 2.50 bits per heavy atom. The van der Waals surface area contributed by atoms with Crippen LogP contribution in [0.25, 0.3) is 0 Å². The number of Topliss-reactive ketones (excluding diaryl/α,β-unsaturated/α-hetero) is 1. The van der Waals surface area contributed by atoms with Gasteiger partial charge in [0.05, 0.1) is 6.26 Å². The largest absolute Gasteiger partial charge is 0.479 e. The molecule has 1 N–H and O–H groups in total. The van der Waals surface area contributed by atoms with Gasteiger partial charge in [-0.3, -0.25) is 4.79 Å². The Bertz CT molecular complexity index is 194. The van der Waals surface area contributed by atoms with Crippen LogP contribution in [0.4, 0.5) is 0 Å². The maximum atomic E-state index is 10.7. The maximum Gasteiger partial charge on any atom is 0.352 e. The van der Waals surface area contributed by atoms with Crippen molar-refractivity contribution in [2.75, 3.05) is 0 Å². The van der Waals surface area contributed by atoms with E-state index < -0.39 is 17.9 Å². The fourth-order valence-corrected chi connectivity index (χ4v) is 0.677. The minimum atomic E-state index is -1.29. The van der Waals surface area contributed by atoms with Crippen molar-refractivity contribution < 1.29 is 19.4 Å². The summed E-state index contributed by atoms with van der Waals surface area (Å²) in [5.41, 5.74) is 0. The van der Waals surface area contributed by atoms with Crippen LogP contribution < -0.4 is 0 Å². The van der Waals surface area contributed by atoms with Crippen molar-refractivity contribution >= 4 is 11.8 Å². The third-order valence-electron chi connectivity index (χ3n) is 1.15. The Morgan fingerprint density at radius 3 is 2.90 bits per heavy atom. The molecule has 1 rings (SSSR count). The monoisotopic (exact) mass is 142 g/mol. The van der Waals surface area contributed by atoms with E-state index >= 15 is 0 Å². The number of ketones is 1. The van der Waals surface area contributed by atoms with Gasteiger partial charge in [-0.1, -0.05) is 0 Å². The molecule has 0 radical (unpaired) electrons. The van der Waals surface area contributed by atoms with E-state index in [0.29, 0.717) is 0 Å². The minimum absolute atomic E-state index is 0.150. The standard InChI is InChI=1S/C6H6O4/c7-4-2-1-3-10-5(4)6(8)9/h1,3,5H,2H2,(H,8,9). The molecule has 0 saturated heterocycles. The summed E-state index contributed by atoms with van der Waals surface area (Å²) < 4.78 is 4.52. The summed E-state index contributed by atoms with van der Waals surface area (Å²) in [4.78, 5) is 20.9. The SMILES string of the molecule is O=C(O)C1OC=CCC1=O. The number of carboxylic acid groups (broad SMARTS) is 1. The van der Waals surface area contributed by atoms with Crippen molar-refractivity contribution in [1.82, 2.24) is 0 Å². The minimum Gasteiger partial charge on any atom is -0.479 e. The maximum absolute atomic E-state index is 10.7. The highest BCUT2D eigenvalue weighted by Gasteiger charge is 2.27. The molecule has 1 atom stereocenters. The van der Waals surface area contributed by atoms with Gasteiger partial charge in [0.15, 0.2) is 5.78 Å². The van der Waals surface area contributed by atoms with Crippen LogP contribution in [0.1, 0.15) is 6.42 Å². The molecule has 0 bridgehead atoms. The highest BCUT2D eigenvalue weighted by molar-refractivity contribution is 6.02. The van der Waals surface area contributed by atoms with Crippen LogP contribution in [-0.2, 0) is 14.3 Å². The fraction of sp³-hybridized carbons (Fsp3) is 0.333. The number of carbonyl (C=O) groups is 2. The first kappa shape index (κ1) is 6.80. The number of hydrogen-bond donors (Lipinski definition) is 1. The predicted molar refractivity (Wildman–Crippen MR) is 31.3 cm³/mol. The normalized spacial score (nSPS) is 24.0. The smallest absolute Gasteiger partial charge is 0.352 e. The second-order valence-corrected chi connectivity index (χ2v) is 1.90. The van der Waals surface area contributed by atoms with Crippen LogP contribution in [0.3, 0.4) is 0 Å². The van der Waals surface area contributed by atoms with E-state index in [4.69, 9.17) is 5.11 Å². The lowest BCUT2D eigenvalue weighted by Crippen LogP contribution is -2.32. The van der Waals surface area contributed by atoms with Crippen LogP contribution in [0.2, 0.25) is 0 Å². The summed E-state index contributed by atoms with van der Waals surface area (Å²) in [6.07, 6.45) is 1.59. The van der Waals surface area contributed by atoms with E-state index in [1.54, 1.807) is 0 Å². The van der Waals surface area contributed by atoms with Gasteiger partial charge in [0.1, 0.15) is 0 Å². The Labute approximate surface area is 57.1 Å². The molecule has 54 valence electrons. The van der Waals surface area contributed by atoms with Crippen molar-refractivity contribution in [1.29, 1.82) is 0 Å². The summed E-state index contributed by atoms with van der Waals surface area (Å²) in [5.74, 6) is -1.63. The zero-order valence-corrected chi connectivity index (χ0v) is 5.11. The number of allylic oxidation sites excluding steroid dienone is 1. The van der Waals surface area contributed by atoms with Gasteiger partial charge < -0.3 is 9.84 Å². The van der Waals surface area contributed by atoms with Crippen LogP contribution in [0.15, 0.2) is 12.3 Å². The van der Waals surface area contributed by atoms with Crippen LogP contribution >= 0.6 is 0 Å². The van der Waals surface area contributed by atoms with Gasteiger partial charge in [-0.15, -0.1) is 0 Å². The highest BCUT2D eigenvalue weighted by Crippen LogP contribution is 2.05. The van der Waals surface area contributed by atoms with Gasteiger partial charge in [-0.05, 0) is 6.08 Å². The van der Waals surface area contributed by atoms with Crippen LogP contribution in [-0.4, -0.2) is 23.0 Å². The molecule has 0 aromatic carbocycles. The molecule has 0 amide bonds. The van der Waals surface area contributed by atoms with Crippen molar-refractivity contribution in [3.8, 4) is 0 Å². The molecule has 4 nitrogen and oxygen atoms in total. The zero-order chi connectivity index (χ0) is 7.56. The summed E-state index contributed by atoms with van der Waals surface area (Å²) in [7, 11) is 0. The Balaban J connectivity index is 2.68. The molecule has 0 spiro atoms. The van der Waals surface area contributed by atoms with Crippen LogP contribution in [0.5, 0.6) is 0 Å². The number of carboxylic acids is 1. The summed E-state index contributed by atoms with van der Waals surface area (Å²) in [6.45, 7) is 0. The molecule has 0 aliphatic carbocycles. The second kappa shape index (κ2) is 2.51. The Morgan fingerprint density at radius 1 is 1.80 bits per heavy atom. The third kappa shape index (κ3) is 1.15. The highest BCUT2D eigenvalue weighted by atomic mass is 16.5. The topological polar surface area (TPSA) is 63.6 Å². The average Bonchev–Trinajstić information content (AvgIpc) is 1.88. The average molecular weight is 142 g/mol. The molecule has 1 aliphatic rings. The molecule has 1 heterocycles. The van der Waals surface area contributed by atoms with E-state index in [0.717, 1.165) is 0 Å². The number of ether oxygens (including phenoxy) is 1. The molecule has 0 fully saturated rings. The summed E-state index contributed by atoms with van der Waals surface area (Å²) >= 11 is 0. The van der Waals surface area contributed by atoms with E-state index in [1.165, 1.54) is 12.3 Å². The number of hydrogen-bond acceptors (Lipinski definition) is 3. The van der Waals surface area contributed by atoms with Crippen molar-refractivity contribution in [3.63, 3.8) is 0 Å². The number of rotatable bonds is 1. The zero-order valence-electron chi connectivity index (χ0n) is 5.11. The molecule has 0 saturated carbocycles. The second-order valence-electron chi connectivity index (χ2n) is 1.90. The molecule has 1 unspecified atom stereocenters. The summed E-state index contributed by atoms with van der Waals surface area (Å²) in [5, 5.41) is 8.33. The molecule has 0 aromatic rings. The lowest BCUT2D eigenvalue weighted by Gasteiger charge is -2.12. The fourth-order valence-electron chi connectivity index (χ4n) is 0.677. The Hall–Kier alpha value is -1.32. The number of carbonyl (C=O) groups excluding carboxylic acids is 1. The van der Waals surface area contributed by atoms with Crippen molar-refractivity contribution in [2.45, 2.75) is 12.5 Å². The van der Waals surface area contributed by atoms with Gasteiger partial charge in [-0.25, -0.2) is 4.79 Å². The van der Waals surface area contributed by atoms with Gasteiger partial charge in [0.25, 0.3) is 6.10 Å². The van der Waals surface area contributed by atoms with E-state index in [1.807, 2.05) is 0 Å². The van der Waals surface area contributed by atoms with Gasteiger partial charge in [-0.2, -0.15) is 0 Å². The summed E-state index contributed by atoms with van der Waals surface area (Å²) in [6, 6.07) is 0. The first-order chi connectivity index (χ1) is 4.72. The van der Waals surface area contributed by atoms with Crippen LogP contribution in [0, 0.1) is 0 Å². The van der Waals surface area contributed by atoms with Crippen molar-refractivity contribution in [2.24, 2.45) is 0 Å². The van der Waals surface area contributed by atoms with Gasteiger partial charge in [0, 0.05) is 6.42 Å². The first-order valence-corrected chi connectivity index (χ1v) is 2.78. The third-order valence-corrected chi connectivity index (χ3v) is 1.15. The number of aliphatic carboxylic acids is 1. The lowest BCUT2D eigenvalue weighted by molar-refractivity contribution is -0.153. The molecular formula is C6H6O4. The molecule has 1 aliphatic heterocycles. The molecule has 10 heavy (non-hydrogen) atoms. The van der Waals surface area contributed by atoms with Crippen molar-refractivity contribution in [3.05, 3.63) is 12.3 Å². The molecular weight excluding hydrogens is 136 g/mol. The molecule has 4 heteroatoms. The van der Waals surface area contributed by atoms with E-state index in [2.05, 4.69) is 4.74 Å². The van der Waals surface area contributed by atoms with Gasteiger partial charge in [0.2, 0.25) is 0 Å².